The number of aromatic nitrogens is 1. The highest BCUT2D eigenvalue weighted by atomic mass is 79.9. The number of rotatable bonds is 1. The van der Waals surface area contributed by atoms with Gasteiger partial charge in [-0.1, -0.05) is 18.2 Å². The van der Waals surface area contributed by atoms with Crippen molar-refractivity contribution >= 4 is 43.7 Å². The van der Waals surface area contributed by atoms with Crippen molar-refractivity contribution in [2.24, 2.45) is 0 Å². The minimum absolute atomic E-state index is 0.328. The number of carbonyl (C=O) groups excluding carboxylic acids is 1. The zero-order chi connectivity index (χ0) is 12.7. The Morgan fingerprint density at radius 2 is 1.94 bits per heavy atom. The van der Waals surface area contributed by atoms with Crippen LogP contribution in [0.4, 0.5) is 0 Å². The third-order valence-electron chi connectivity index (χ3n) is 2.81. The Bertz CT molecular complexity index is 761. The fourth-order valence-corrected chi connectivity index (χ4v) is 2.51. The third kappa shape index (κ3) is 1.78. The molecule has 0 aliphatic carbocycles. The topological polar surface area (TPSA) is 42.1 Å². The van der Waals surface area contributed by atoms with Crippen LogP contribution in [0.1, 0.15) is 6.92 Å². The van der Waals surface area contributed by atoms with Crippen molar-refractivity contribution < 1.29 is 9.53 Å². The van der Waals surface area contributed by atoms with Gasteiger partial charge in [0, 0.05) is 29.3 Å². The van der Waals surface area contributed by atoms with Crippen LogP contribution in [0.3, 0.4) is 0 Å². The number of ether oxygens (including phenoxy) is 1. The van der Waals surface area contributed by atoms with Crippen LogP contribution in [0.25, 0.3) is 21.8 Å². The molecule has 0 atom stereocenters. The standard InChI is InChI=1S/C14H10BrNO2/c1-8(17)18-14-7-13-10(6-11(14)15)9-4-2-3-5-12(9)16-13/h2-7,16H,1H3. The minimum atomic E-state index is -0.328. The maximum atomic E-state index is 11.0. The predicted molar refractivity (Wildman–Crippen MR) is 74.8 cm³/mol. The summed E-state index contributed by atoms with van der Waals surface area (Å²) >= 11 is 3.43. The van der Waals surface area contributed by atoms with Gasteiger partial charge in [0.15, 0.2) is 0 Å². The summed E-state index contributed by atoms with van der Waals surface area (Å²) < 4.78 is 5.92. The number of nitrogens with one attached hydrogen (secondary N) is 1. The molecule has 2 aromatic carbocycles. The van der Waals surface area contributed by atoms with Crippen LogP contribution in [-0.2, 0) is 4.79 Å². The number of esters is 1. The molecule has 3 aromatic rings. The van der Waals surface area contributed by atoms with E-state index in [9.17, 15) is 4.79 Å². The summed E-state index contributed by atoms with van der Waals surface area (Å²) in [6.07, 6.45) is 0. The molecular formula is C14H10BrNO2. The largest absolute Gasteiger partial charge is 0.425 e. The summed E-state index contributed by atoms with van der Waals surface area (Å²) in [7, 11) is 0. The van der Waals surface area contributed by atoms with E-state index in [4.69, 9.17) is 4.74 Å². The number of fused-ring (bicyclic) bond motifs is 3. The maximum Gasteiger partial charge on any atom is 0.308 e. The second-order valence-corrected chi connectivity index (χ2v) is 4.95. The highest BCUT2D eigenvalue weighted by molar-refractivity contribution is 9.10. The molecule has 90 valence electrons. The lowest BCUT2D eigenvalue weighted by molar-refractivity contribution is -0.131. The summed E-state index contributed by atoms with van der Waals surface area (Å²) in [5.74, 6) is 0.202. The van der Waals surface area contributed by atoms with Gasteiger partial charge in [0.1, 0.15) is 5.75 Å². The fourth-order valence-electron chi connectivity index (χ4n) is 2.08. The van der Waals surface area contributed by atoms with Gasteiger partial charge in [0.05, 0.1) is 9.99 Å². The first-order valence-corrected chi connectivity index (χ1v) is 6.33. The fraction of sp³-hybridized carbons (Fsp3) is 0.0714. The first kappa shape index (κ1) is 11.3. The van der Waals surface area contributed by atoms with E-state index in [0.29, 0.717) is 5.75 Å². The van der Waals surface area contributed by atoms with Gasteiger partial charge >= 0.3 is 5.97 Å². The van der Waals surface area contributed by atoms with E-state index in [-0.39, 0.29) is 5.97 Å². The molecule has 0 fully saturated rings. The molecule has 0 spiro atoms. The minimum Gasteiger partial charge on any atom is -0.425 e. The first-order valence-electron chi connectivity index (χ1n) is 5.53. The Morgan fingerprint density at radius 1 is 1.17 bits per heavy atom. The van der Waals surface area contributed by atoms with Crippen LogP contribution < -0.4 is 4.74 Å². The molecule has 4 heteroatoms. The summed E-state index contributed by atoms with van der Waals surface area (Å²) in [4.78, 5) is 14.3. The Hall–Kier alpha value is -1.81. The van der Waals surface area contributed by atoms with Gasteiger partial charge in [-0.3, -0.25) is 4.79 Å². The van der Waals surface area contributed by atoms with Crippen LogP contribution in [0.2, 0.25) is 0 Å². The van der Waals surface area contributed by atoms with Crippen molar-refractivity contribution in [2.45, 2.75) is 6.92 Å². The Labute approximate surface area is 112 Å². The average Bonchev–Trinajstić information content (AvgIpc) is 2.67. The zero-order valence-electron chi connectivity index (χ0n) is 9.66. The number of halogens is 1. The van der Waals surface area contributed by atoms with Crippen LogP contribution in [0.5, 0.6) is 5.75 Å². The lowest BCUT2D eigenvalue weighted by Crippen LogP contribution is -2.01. The Kier molecular flexibility index (Phi) is 2.59. The van der Waals surface area contributed by atoms with Crippen LogP contribution in [0.15, 0.2) is 40.9 Å². The average molecular weight is 304 g/mol. The molecule has 0 amide bonds. The van der Waals surface area contributed by atoms with E-state index < -0.39 is 0 Å². The molecule has 1 heterocycles. The van der Waals surface area contributed by atoms with E-state index >= 15 is 0 Å². The summed E-state index contributed by atoms with van der Waals surface area (Å²) in [6.45, 7) is 1.39. The van der Waals surface area contributed by atoms with Crippen molar-refractivity contribution in [3.8, 4) is 5.75 Å². The lowest BCUT2D eigenvalue weighted by Gasteiger charge is -2.04. The van der Waals surface area contributed by atoms with Gasteiger partial charge < -0.3 is 9.72 Å². The molecule has 3 rings (SSSR count). The van der Waals surface area contributed by atoms with Gasteiger partial charge in [-0.15, -0.1) is 0 Å². The van der Waals surface area contributed by atoms with Crippen molar-refractivity contribution in [3.05, 3.63) is 40.9 Å². The quantitative estimate of drug-likeness (QED) is 0.545. The van der Waals surface area contributed by atoms with Crippen molar-refractivity contribution in [1.29, 1.82) is 0 Å². The van der Waals surface area contributed by atoms with Crippen molar-refractivity contribution in [3.63, 3.8) is 0 Å². The molecule has 0 saturated heterocycles. The van der Waals surface area contributed by atoms with Gasteiger partial charge in [0.25, 0.3) is 0 Å². The third-order valence-corrected chi connectivity index (χ3v) is 3.43. The SMILES string of the molecule is CC(=O)Oc1cc2[nH]c3ccccc3c2cc1Br. The van der Waals surface area contributed by atoms with Crippen molar-refractivity contribution in [1.82, 2.24) is 4.98 Å². The molecule has 1 aromatic heterocycles. The van der Waals surface area contributed by atoms with Crippen molar-refractivity contribution in [2.75, 3.05) is 0 Å². The van der Waals surface area contributed by atoms with Crippen LogP contribution in [-0.4, -0.2) is 11.0 Å². The monoisotopic (exact) mass is 303 g/mol. The molecule has 18 heavy (non-hydrogen) atoms. The van der Waals surface area contributed by atoms with Gasteiger partial charge in [-0.25, -0.2) is 0 Å². The normalized spacial score (nSPS) is 11.0. The molecule has 0 unspecified atom stereocenters. The van der Waals surface area contributed by atoms with Gasteiger partial charge in [0.2, 0.25) is 0 Å². The van der Waals surface area contributed by atoms with E-state index in [1.54, 1.807) is 0 Å². The smallest absolute Gasteiger partial charge is 0.308 e. The number of hydrogen-bond donors (Lipinski definition) is 1. The summed E-state index contributed by atoms with van der Waals surface area (Å²) in [5, 5.41) is 2.26. The molecule has 1 N–H and O–H groups in total. The number of para-hydroxylation sites is 1. The number of benzene rings is 2. The molecule has 0 saturated carbocycles. The first-order chi connectivity index (χ1) is 8.65. The number of H-pyrrole nitrogens is 1. The highest BCUT2D eigenvalue weighted by Gasteiger charge is 2.10. The highest BCUT2D eigenvalue weighted by Crippen LogP contribution is 2.34. The molecule has 0 bridgehead atoms. The van der Waals surface area contributed by atoms with E-state index in [0.717, 1.165) is 26.3 Å². The zero-order valence-corrected chi connectivity index (χ0v) is 11.2. The number of aromatic amines is 1. The molecular weight excluding hydrogens is 294 g/mol. The number of hydrogen-bond acceptors (Lipinski definition) is 2. The molecule has 0 aliphatic rings. The predicted octanol–water partition coefficient (Wildman–Crippen LogP) is 4.01. The van der Waals surface area contributed by atoms with Gasteiger partial charge in [-0.05, 0) is 28.1 Å². The molecule has 3 nitrogen and oxygen atoms in total. The van der Waals surface area contributed by atoms with E-state index in [1.807, 2.05) is 30.3 Å². The molecule has 0 aliphatic heterocycles. The van der Waals surface area contributed by atoms with Crippen LogP contribution >= 0.6 is 15.9 Å². The van der Waals surface area contributed by atoms with Gasteiger partial charge in [-0.2, -0.15) is 0 Å². The summed E-state index contributed by atoms with van der Waals surface area (Å²) in [5.41, 5.74) is 2.02. The maximum absolute atomic E-state index is 11.0. The van der Waals surface area contributed by atoms with E-state index in [1.165, 1.54) is 6.92 Å². The second kappa shape index (κ2) is 4.14. The number of carbonyl (C=O) groups is 1. The second-order valence-electron chi connectivity index (χ2n) is 4.09. The Balaban J connectivity index is 2.29. The summed E-state index contributed by atoms with van der Waals surface area (Å²) in [6, 6.07) is 11.9. The Morgan fingerprint density at radius 3 is 2.72 bits per heavy atom. The lowest BCUT2D eigenvalue weighted by atomic mass is 10.1. The van der Waals surface area contributed by atoms with E-state index in [2.05, 4.69) is 27.0 Å². The molecule has 0 radical (unpaired) electrons. The van der Waals surface area contributed by atoms with Crippen LogP contribution in [0, 0.1) is 0 Å².